The van der Waals surface area contributed by atoms with Crippen molar-refractivity contribution in [2.75, 3.05) is 19.6 Å². The molecule has 0 saturated carbocycles. The molecule has 1 aliphatic rings. The van der Waals surface area contributed by atoms with E-state index in [4.69, 9.17) is 0 Å². The van der Waals surface area contributed by atoms with Crippen LogP contribution in [0.2, 0.25) is 0 Å². The minimum absolute atomic E-state index is 0.163. The van der Waals surface area contributed by atoms with Gasteiger partial charge in [0.05, 0.1) is 0 Å². The van der Waals surface area contributed by atoms with Gasteiger partial charge >= 0.3 is 0 Å². The maximum Gasteiger partial charge on any atom is 0.246 e. The predicted molar refractivity (Wildman–Crippen MR) is 67.4 cm³/mol. The van der Waals surface area contributed by atoms with Crippen LogP contribution in [0.3, 0.4) is 0 Å². The summed E-state index contributed by atoms with van der Waals surface area (Å²) in [6.07, 6.45) is 0. The summed E-state index contributed by atoms with van der Waals surface area (Å²) in [5.74, 6) is -0.680. The molecule has 0 amide bonds. The van der Waals surface area contributed by atoms with Crippen LogP contribution in [0.1, 0.15) is 12.5 Å². The Morgan fingerprint density at radius 3 is 2.78 bits per heavy atom. The SMILES string of the molecule is Cc1ccc(S(=O)(=O)N2CCNC[C@@H]2C)c(F)c1. The summed E-state index contributed by atoms with van der Waals surface area (Å²) in [4.78, 5) is -0.234. The van der Waals surface area contributed by atoms with Gasteiger partial charge in [0.1, 0.15) is 10.7 Å². The zero-order chi connectivity index (χ0) is 13.3. The molecule has 1 aromatic carbocycles. The van der Waals surface area contributed by atoms with Gasteiger partial charge in [-0.25, -0.2) is 12.8 Å². The molecular weight excluding hydrogens is 255 g/mol. The van der Waals surface area contributed by atoms with Gasteiger partial charge in [-0.1, -0.05) is 6.07 Å². The zero-order valence-corrected chi connectivity index (χ0v) is 11.3. The van der Waals surface area contributed by atoms with E-state index in [2.05, 4.69) is 5.32 Å². The van der Waals surface area contributed by atoms with Crippen LogP contribution < -0.4 is 5.32 Å². The van der Waals surface area contributed by atoms with Crippen LogP contribution in [0.25, 0.3) is 0 Å². The average molecular weight is 272 g/mol. The summed E-state index contributed by atoms with van der Waals surface area (Å²) < 4.78 is 39.9. The summed E-state index contributed by atoms with van der Waals surface area (Å²) in [5, 5.41) is 3.11. The van der Waals surface area contributed by atoms with E-state index in [-0.39, 0.29) is 10.9 Å². The molecule has 0 spiro atoms. The maximum atomic E-state index is 13.8. The number of nitrogens with one attached hydrogen (secondary N) is 1. The molecule has 2 rings (SSSR count). The molecule has 1 atom stereocenters. The predicted octanol–water partition coefficient (Wildman–Crippen LogP) is 1.12. The number of sulfonamides is 1. The van der Waals surface area contributed by atoms with E-state index in [0.717, 1.165) is 0 Å². The van der Waals surface area contributed by atoms with Crippen LogP contribution in [0, 0.1) is 12.7 Å². The molecule has 0 unspecified atom stereocenters. The minimum Gasteiger partial charge on any atom is -0.314 e. The molecule has 1 fully saturated rings. The number of rotatable bonds is 2. The van der Waals surface area contributed by atoms with E-state index in [1.165, 1.54) is 16.4 Å². The van der Waals surface area contributed by atoms with Gasteiger partial charge in [0.2, 0.25) is 10.0 Å². The van der Waals surface area contributed by atoms with Crippen molar-refractivity contribution in [3.63, 3.8) is 0 Å². The van der Waals surface area contributed by atoms with Crippen molar-refractivity contribution < 1.29 is 12.8 Å². The normalized spacial score (nSPS) is 22.1. The minimum atomic E-state index is -3.74. The quantitative estimate of drug-likeness (QED) is 0.877. The lowest BCUT2D eigenvalue weighted by atomic mass is 10.2. The largest absolute Gasteiger partial charge is 0.314 e. The monoisotopic (exact) mass is 272 g/mol. The van der Waals surface area contributed by atoms with Crippen molar-refractivity contribution in [1.82, 2.24) is 9.62 Å². The first kappa shape index (κ1) is 13.5. The smallest absolute Gasteiger partial charge is 0.246 e. The van der Waals surface area contributed by atoms with E-state index in [1.54, 1.807) is 13.0 Å². The van der Waals surface area contributed by atoms with E-state index in [0.29, 0.717) is 25.2 Å². The van der Waals surface area contributed by atoms with Crippen LogP contribution in [-0.2, 0) is 10.0 Å². The Hall–Kier alpha value is -0.980. The topological polar surface area (TPSA) is 49.4 Å². The summed E-state index contributed by atoms with van der Waals surface area (Å²) in [7, 11) is -3.74. The maximum absolute atomic E-state index is 13.8. The third-order valence-corrected chi connectivity index (χ3v) is 5.16. The highest BCUT2D eigenvalue weighted by molar-refractivity contribution is 7.89. The second kappa shape index (κ2) is 4.95. The lowest BCUT2D eigenvalue weighted by molar-refractivity contribution is 0.283. The summed E-state index contributed by atoms with van der Waals surface area (Å²) >= 11 is 0. The molecule has 1 aliphatic heterocycles. The number of piperazine rings is 1. The standard InChI is InChI=1S/C12H17FN2O2S/c1-9-3-4-12(11(13)7-9)18(16,17)15-6-5-14-8-10(15)2/h3-4,7,10,14H,5-6,8H2,1-2H3/t10-/m0/s1. The summed E-state index contributed by atoms with van der Waals surface area (Å²) in [6, 6.07) is 4.04. The van der Waals surface area contributed by atoms with E-state index in [1.807, 2.05) is 6.92 Å². The molecule has 0 bridgehead atoms. The van der Waals surface area contributed by atoms with Gasteiger partial charge in [0, 0.05) is 25.7 Å². The van der Waals surface area contributed by atoms with Gasteiger partial charge in [-0.05, 0) is 31.5 Å². The van der Waals surface area contributed by atoms with E-state index >= 15 is 0 Å². The first-order chi connectivity index (χ1) is 8.43. The van der Waals surface area contributed by atoms with E-state index in [9.17, 15) is 12.8 Å². The highest BCUT2D eigenvalue weighted by atomic mass is 32.2. The molecule has 0 radical (unpaired) electrons. The van der Waals surface area contributed by atoms with E-state index < -0.39 is 15.8 Å². The Morgan fingerprint density at radius 2 is 2.17 bits per heavy atom. The van der Waals surface area contributed by atoms with Gasteiger partial charge < -0.3 is 5.32 Å². The summed E-state index contributed by atoms with van der Waals surface area (Å²) in [6.45, 7) is 5.10. The highest BCUT2D eigenvalue weighted by Gasteiger charge is 2.32. The second-order valence-corrected chi connectivity index (χ2v) is 6.46. The highest BCUT2D eigenvalue weighted by Crippen LogP contribution is 2.22. The van der Waals surface area contributed by atoms with Gasteiger partial charge in [-0.3, -0.25) is 0 Å². The zero-order valence-electron chi connectivity index (χ0n) is 10.5. The molecule has 18 heavy (non-hydrogen) atoms. The van der Waals surface area contributed by atoms with Crippen molar-refractivity contribution in [2.24, 2.45) is 0 Å². The number of hydrogen-bond donors (Lipinski definition) is 1. The lowest BCUT2D eigenvalue weighted by Gasteiger charge is -2.32. The average Bonchev–Trinajstić information content (AvgIpc) is 2.28. The van der Waals surface area contributed by atoms with Gasteiger partial charge in [0.15, 0.2) is 0 Å². The first-order valence-electron chi connectivity index (χ1n) is 5.91. The fraction of sp³-hybridized carbons (Fsp3) is 0.500. The van der Waals surface area contributed by atoms with Gasteiger partial charge in [0.25, 0.3) is 0 Å². The van der Waals surface area contributed by atoms with Crippen LogP contribution in [0.5, 0.6) is 0 Å². The third kappa shape index (κ3) is 2.41. The van der Waals surface area contributed by atoms with Crippen LogP contribution in [0.4, 0.5) is 4.39 Å². The molecule has 4 nitrogen and oxygen atoms in total. The lowest BCUT2D eigenvalue weighted by Crippen LogP contribution is -2.52. The van der Waals surface area contributed by atoms with Gasteiger partial charge in [-0.2, -0.15) is 4.31 Å². The molecule has 6 heteroatoms. The van der Waals surface area contributed by atoms with Crippen molar-refractivity contribution >= 4 is 10.0 Å². The second-order valence-electron chi connectivity index (χ2n) is 4.60. The third-order valence-electron chi connectivity index (χ3n) is 3.11. The Balaban J connectivity index is 2.41. The molecule has 1 aromatic rings. The first-order valence-corrected chi connectivity index (χ1v) is 7.35. The number of benzene rings is 1. The van der Waals surface area contributed by atoms with Crippen molar-refractivity contribution in [3.8, 4) is 0 Å². The van der Waals surface area contributed by atoms with Crippen LogP contribution in [0.15, 0.2) is 23.1 Å². The van der Waals surface area contributed by atoms with Crippen molar-refractivity contribution in [1.29, 1.82) is 0 Å². The number of nitrogens with zero attached hydrogens (tertiary/aromatic N) is 1. The molecule has 0 aliphatic carbocycles. The fourth-order valence-corrected chi connectivity index (χ4v) is 3.80. The molecule has 1 saturated heterocycles. The fourth-order valence-electron chi connectivity index (χ4n) is 2.12. The molecule has 100 valence electrons. The van der Waals surface area contributed by atoms with Gasteiger partial charge in [-0.15, -0.1) is 0 Å². The van der Waals surface area contributed by atoms with Crippen molar-refractivity contribution in [3.05, 3.63) is 29.6 Å². The Labute approximate surface area is 107 Å². The molecule has 1 N–H and O–H groups in total. The Kier molecular flexibility index (Phi) is 3.70. The number of halogens is 1. The Morgan fingerprint density at radius 1 is 1.44 bits per heavy atom. The van der Waals surface area contributed by atoms with Crippen LogP contribution >= 0.6 is 0 Å². The summed E-state index contributed by atoms with van der Waals surface area (Å²) in [5.41, 5.74) is 0.708. The number of aryl methyl sites for hydroxylation is 1. The van der Waals surface area contributed by atoms with Crippen molar-refractivity contribution in [2.45, 2.75) is 24.8 Å². The molecule has 0 aromatic heterocycles. The number of hydrogen-bond acceptors (Lipinski definition) is 3. The molecule has 1 heterocycles. The molecular formula is C12H17FN2O2S. The Bertz CT molecular complexity index is 545. The van der Waals surface area contributed by atoms with Crippen LogP contribution in [-0.4, -0.2) is 38.4 Å².